The van der Waals surface area contributed by atoms with Crippen LogP contribution in [0.1, 0.15) is 30.4 Å². The van der Waals surface area contributed by atoms with Gasteiger partial charge in [-0.25, -0.2) is 0 Å². The predicted octanol–water partition coefficient (Wildman–Crippen LogP) is 4.58. The Labute approximate surface area is 202 Å². The van der Waals surface area contributed by atoms with Gasteiger partial charge in [-0.15, -0.1) is 0 Å². The van der Waals surface area contributed by atoms with Crippen molar-refractivity contribution in [2.24, 2.45) is 5.92 Å². The van der Waals surface area contributed by atoms with E-state index in [1.807, 2.05) is 18.2 Å². The molecule has 0 spiro atoms. The molecule has 1 N–H and O–H groups in total. The van der Waals surface area contributed by atoms with Gasteiger partial charge in [0.25, 0.3) is 0 Å². The predicted molar refractivity (Wildman–Crippen MR) is 135 cm³/mol. The number of amides is 1. The first-order valence-corrected chi connectivity index (χ1v) is 12.4. The highest BCUT2D eigenvalue weighted by Crippen LogP contribution is 2.29. The van der Waals surface area contributed by atoms with E-state index in [9.17, 15) is 4.79 Å². The smallest absolute Gasteiger partial charge is 0.225 e. The summed E-state index contributed by atoms with van der Waals surface area (Å²) in [6.07, 6.45) is 3.94. The number of nitrogens with zero attached hydrogens (tertiary/aromatic N) is 1. The molecular weight excluding hydrogens is 424 g/mol. The molecule has 0 bridgehead atoms. The van der Waals surface area contributed by atoms with E-state index in [4.69, 9.17) is 9.47 Å². The van der Waals surface area contributed by atoms with E-state index in [-0.39, 0.29) is 24.0 Å². The van der Waals surface area contributed by atoms with Crippen molar-refractivity contribution in [2.75, 3.05) is 26.8 Å². The topological polar surface area (TPSA) is 50.8 Å². The van der Waals surface area contributed by atoms with Gasteiger partial charge in [0, 0.05) is 38.2 Å². The summed E-state index contributed by atoms with van der Waals surface area (Å²) in [6.45, 7) is 2.94. The minimum Gasteiger partial charge on any atom is -0.492 e. The number of fused-ring (bicyclic) bond motifs is 2. The Kier molecular flexibility index (Phi) is 7.12. The Balaban J connectivity index is 1.24. The van der Waals surface area contributed by atoms with Crippen molar-refractivity contribution >= 4 is 16.7 Å². The highest BCUT2D eigenvalue weighted by Gasteiger charge is 2.34. The molecule has 1 saturated carbocycles. The van der Waals surface area contributed by atoms with Crippen LogP contribution in [0.4, 0.5) is 0 Å². The number of hydrogen-bond acceptors (Lipinski definition) is 4. The summed E-state index contributed by atoms with van der Waals surface area (Å²) in [4.78, 5) is 15.4. The zero-order valence-electron chi connectivity index (χ0n) is 19.9. The van der Waals surface area contributed by atoms with Gasteiger partial charge in [0.05, 0.1) is 12.0 Å². The number of hydrogen-bond donors (Lipinski definition) is 1. The third kappa shape index (κ3) is 4.96. The first kappa shape index (κ1) is 22.9. The summed E-state index contributed by atoms with van der Waals surface area (Å²) in [5.74, 6) is 1.03. The van der Waals surface area contributed by atoms with Crippen LogP contribution in [0.2, 0.25) is 0 Å². The Morgan fingerprint density at radius 3 is 2.68 bits per heavy atom. The molecular formula is C29H34N2O3. The van der Waals surface area contributed by atoms with E-state index in [2.05, 4.69) is 58.7 Å². The molecule has 1 heterocycles. The van der Waals surface area contributed by atoms with Crippen molar-refractivity contribution in [2.45, 2.75) is 44.4 Å². The van der Waals surface area contributed by atoms with Gasteiger partial charge in [-0.2, -0.15) is 0 Å². The largest absolute Gasteiger partial charge is 0.492 e. The fourth-order valence-electron chi connectivity index (χ4n) is 5.56. The van der Waals surface area contributed by atoms with Crippen LogP contribution < -0.4 is 10.1 Å². The van der Waals surface area contributed by atoms with Crippen LogP contribution in [0.3, 0.4) is 0 Å². The number of methoxy groups -OCH3 is 1. The minimum absolute atomic E-state index is 0.0241. The average molecular weight is 459 g/mol. The molecule has 5 rings (SSSR count). The van der Waals surface area contributed by atoms with E-state index in [0.29, 0.717) is 13.2 Å². The number of carbonyl (C=O) groups excluding carboxylic acids is 1. The number of rotatable bonds is 8. The molecule has 1 fully saturated rings. The molecule has 3 unspecified atom stereocenters. The quantitative estimate of drug-likeness (QED) is 0.537. The standard InChI is InChI=1S/C29H34N2O3/c1-33-27-14-7-13-26(27)29(32)30-19-24-18-22-9-2-3-10-23(22)20-31(24)16-17-34-28-15-6-11-21-8-4-5-12-25(21)28/h2-6,8-12,15,24,26-27H,7,13-14,16-20H2,1H3,(H,30,32). The second-order valence-corrected chi connectivity index (χ2v) is 9.48. The third-order valence-corrected chi connectivity index (χ3v) is 7.45. The second kappa shape index (κ2) is 10.6. The fourth-order valence-corrected chi connectivity index (χ4v) is 5.56. The molecule has 3 aromatic carbocycles. The molecule has 3 atom stereocenters. The number of benzene rings is 3. The van der Waals surface area contributed by atoms with Crippen LogP contribution in [-0.4, -0.2) is 49.8 Å². The van der Waals surface area contributed by atoms with Crippen molar-refractivity contribution in [1.29, 1.82) is 0 Å². The Morgan fingerprint density at radius 1 is 1.00 bits per heavy atom. The first-order valence-electron chi connectivity index (χ1n) is 12.4. The summed E-state index contributed by atoms with van der Waals surface area (Å²) in [5.41, 5.74) is 2.74. The molecule has 5 heteroatoms. The Bertz CT molecular complexity index is 1130. The maximum Gasteiger partial charge on any atom is 0.225 e. The van der Waals surface area contributed by atoms with E-state index in [1.165, 1.54) is 16.5 Å². The lowest BCUT2D eigenvalue weighted by atomic mass is 9.93. The molecule has 1 aliphatic heterocycles. The molecule has 3 aromatic rings. The van der Waals surface area contributed by atoms with Gasteiger partial charge in [-0.1, -0.05) is 60.7 Å². The zero-order valence-corrected chi connectivity index (χ0v) is 19.9. The molecule has 1 amide bonds. The SMILES string of the molecule is COC1CCCC1C(=O)NCC1Cc2ccccc2CN1CCOc1cccc2ccccc12. The van der Waals surface area contributed by atoms with E-state index in [0.717, 1.165) is 49.9 Å². The first-order chi connectivity index (χ1) is 16.7. The van der Waals surface area contributed by atoms with Crippen molar-refractivity contribution < 1.29 is 14.3 Å². The summed E-state index contributed by atoms with van der Waals surface area (Å²) >= 11 is 0. The summed E-state index contributed by atoms with van der Waals surface area (Å²) in [5, 5.41) is 5.58. The van der Waals surface area contributed by atoms with Crippen LogP contribution in [0.25, 0.3) is 10.8 Å². The van der Waals surface area contributed by atoms with Gasteiger partial charge in [-0.3, -0.25) is 9.69 Å². The van der Waals surface area contributed by atoms with E-state index >= 15 is 0 Å². The molecule has 2 aliphatic rings. The van der Waals surface area contributed by atoms with Crippen LogP contribution in [0.5, 0.6) is 5.75 Å². The van der Waals surface area contributed by atoms with E-state index < -0.39 is 0 Å². The Morgan fingerprint density at radius 2 is 1.79 bits per heavy atom. The van der Waals surface area contributed by atoms with E-state index in [1.54, 1.807) is 7.11 Å². The van der Waals surface area contributed by atoms with Gasteiger partial charge >= 0.3 is 0 Å². The van der Waals surface area contributed by atoms with Crippen molar-refractivity contribution in [3.8, 4) is 5.75 Å². The average Bonchev–Trinajstić information content (AvgIpc) is 3.36. The minimum atomic E-state index is -0.0241. The van der Waals surface area contributed by atoms with Gasteiger partial charge in [0.1, 0.15) is 12.4 Å². The van der Waals surface area contributed by atoms with Crippen LogP contribution in [0.15, 0.2) is 66.7 Å². The molecule has 1 aliphatic carbocycles. The van der Waals surface area contributed by atoms with Crippen LogP contribution in [0, 0.1) is 5.92 Å². The fraction of sp³-hybridized carbons (Fsp3) is 0.414. The van der Waals surface area contributed by atoms with Gasteiger partial charge in [-0.05, 0) is 48.3 Å². The lowest BCUT2D eigenvalue weighted by Crippen LogP contribution is -2.50. The zero-order chi connectivity index (χ0) is 23.3. The monoisotopic (exact) mass is 458 g/mol. The van der Waals surface area contributed by atoms with Crippen molar-refractivity contribution in [3.05, 3.63) is 77.9 Å². The Hall–Kier alpha value is -2.89. The number of nitrogens with one attached hydrogen (secondary N) is 1. The van der Waals surface area contributed by atoms with Crippen LogP contribution >= 0.6 is 0 Å². The maximum atomic E-state index is 12.9. The highest BCUT2D eigenvalue weighted by molar-refractivity contribution is 5.88. The molecule has 34 heavy (non-hydrogen) atoms. The second-order valence-electron chi connectivity index (χ2n) is 9.48. The molecule has 0 saturated heterocycles. The lowest BCUT2D eigenvalue weighted by molar-refractivity contribution is -0.128. The van der Waals surface area contributed by atoms with Crippen LogP contribution in [-0.2, 0) is 22.5 Å². The lowest BCUT2D eigenvalue weighted by Gasteiger charge is -2.37. The van der Waals surface area contributed by atoms with Gasteiger partial charge in [0.2, 0.25) is 5.91 Å². The molecule has 5 nitrogen and oxygen atoms in total. The number of carbonyl (C=O) groups is 1. The maximum absolute atomic E-state index is 12.9. The molecule has 178 valence electrons. The normalized spacial score (nSPS) is 22.4. The molecule has 0 aromatic heterocycles. The van der Waals surface area contributed by atoms with Gasteiger partial charge in [0.15, 0.2) is 0 Å². The van der Waals surface area contributed by atoms with Gasteiger partial charge < -0.3 is 14.8 Å². The van der Waals surface area contributed by atoms with Crippen molar-refractivity contribution in [3.63, 3.8) is 0 Å². The third-order valence-electron chi connectivity index (χ3n) is 7.45. The highest BCUT2D eigenvalue weighted by atomic mass is 16.5. The summed E-state index contributed by atoms with van der Waals surface area (Å²) in [7, 11) is 1.71. The summed E-state index contributed by atoms with van der Waals surface area (Å²) in [6, 6.07) is 23.4. The number of ether oxygens (including phenoxy) is 2. The van der Waals surface area contributed by atoms with Crippen molar-refractivity contribution in [1.82, 2.24) is 10.2 Å². The summed E-state index contributed by atoms with van der Waals surface area (Å²) < 4.78 is 11.8. The molecule has 0 radical (unpaired) electrons.